The van der Waals surface area contributed by atoms with Crippen LogP contribution in [0.15, 0.2) is 12.4 Å². The molecule has 0 amide bonds. The Morgan fingerprint density at radius 3 is 2.71 bits per heavy atom. The Labute approximate surface area is 103 Å². The van der Waals surface area contributed by atoms with Crippen LogP contribution in [0.1, 0.15) is 31.9 Å². The number of rotatable bonds is 6. The van der Waals surface area contributed by atoms with Gasteiger partial charge in [0, 0.05) is 20.1 Å². The number of nitrogens with zero attached hydrogens (tertiary/aromatic N) is 3. The average Bonchev–Trinajstić information content (AvgIpc) is 2.31. The number of nitrogens with one attached hydrogen (secondary N) is 1. The van der Waals surface area contributed by atoms with E-state index in [0.29, 0.717) is 0 Å². The van der Waals surface area contributed by atoms with Crippen LogP contribution in [-0.4, -0.2) is 30.1 Å². The van der Waals surface area contributed by atoms with Crippen LogP contribution < -0.4 is 10.2 Å². The van der Waals surface area contributed by atoms with Crippen molar-refractivity contribution in [1.29, 1.82) is 0 Å². The number of hydrogen-bond acceptors (Lipinski definition) is 4. The van der Waals surface area contributed by atoms with E-state index in [1.165, 1.54) is 19.3 Å². The van der Waals surface area contributed by atoms with Crippen molar-refractivity contribution in [2.75, 3.05) is 25.0 Å². The van der Waals surface area contributed by atoms with Crippen LogP contribution in [0, 0.1) is 5.92 Å². The second kappa shape index (κ2) is 5.96. The Balaban J connectivity index is 1.87. The van der Waals surface area contributed by atoms with Crippen molar-refractivity contribution in [3.05, 3.63) is 18.1 Å². The molecular formula is C13H22N4. The number of aromatic nitrogens is 2. The van der Waals surface area contributed by atoms with E-state index < -0.39 is 0 Å². The van der Waals surface area contributed by atoms with Gasteiger partial charge in [0.1, 0.15) is 5.82 Å². The Hall–Kier alpha value is -1.16. The summed E-state index contributed by atoms with van der Waals surface area (Å²) in [5.74, 6) is 1.85. The summed E-state index contributed by atoms with van der Waals surface area (Å²) in [7, 11) is 2.10. The first-order valence-electron chi connectivity index (χ1n) is 6.52. The molecule has 0 aromatic carbocycles. The van der Waals surface area contributed by atoms with E-state index in [9.17, 15) is 0 Å². The van der Waals surface area contributed by atoms with Crippen molar-refractivity contribution in [2.24, 2.45) is 5.92 Å². The molecule has 2 rings (SSSR count). The van der Waals surface area contributed by atoms with E-state index in [1.807, 2.05) is 12.4 Å². The van der Waals surface area contributed by atoms with Gasteiger partial charge in [0.25, 0.3) is 0 Å². The molecule has 0 aliphatic heterocycles. The molecular weight excluding hydrogens is 212 g/mol. The molecule has 0 unspecified atom stereocenters. The quantitative estimate of drug-likeness (QED) is 0.815. The monoisotopic (exact) mass is 234 g/mol. The maximum atomic E-state index is 4.47. The second-order valence-electron chi connectivity index (χ2n) is 4.82. The largest absolute Gasteiger partial charge is 0.358 e. The van der Waals surface area contributed by atoms with Gasteiger partial charge in [-0.15, -0.1) is 0 Å². The number of anilines is 1. The molecule has 1 heterocycles. The van der Waals surface area contributed by atoms with Gasteiger partial charge < -0.3 is 10.2 Å². The fraction of sp³-hybridized carbons (Fsp3) is 0.692. The molecule has 4 nitrogen and oxygen atoms in total. The molecule has 1 aromatic rings. The van der Waals surface area contributed by atoms with Crippen molar-refractivity contribution in [1.82, 2.24) is 15.3 Å². The molecule has 4 heteroatoms. The zero-order chi connectivity index (χ0) is 12.1. The third-order valence-corrected chi connectivity index (χ3v) is 3.40. The normalized spacial score (nSPS) is 15.6. The van der Waals surface area contributed by atoms with Gasteiger partial charge in [0.05, 0.1) is 18.1 Å². The highest BCUT2D eigenvalue weighted by molar-refractivity contribution is 5.34. The zero-order valence-electron chi connectivity index (χ0n) is 10.8. The van der Waals surface area contributed by atoms with Gasteiger partial charge in [-0.2, -0.15) is 0 Å². The summed E-state index contributed by atoms with van der Waals surface area (Å²) >= 11 is 0. The first kappa shape index (κ1) is 12.3. The fourth-order valence-electron chi connectivity index (χ4n) is 2.05. The van der Waals surface area contributed by atoms with Crippen molar-refractivity contribution in [3.63, 3.8) is 0 Å². The van der Waals surface area contributed by atoms with Gasteiger partial charge in [0.15, 0.2) is 0 Å². The molecule has 0 radical (unpaired) electrons. The molecule has 0 atom stereocenters. The van der Waals surface area contributed by atoms with Crippen LogP contribution in [-0.2, 0) is 6.54 Å². The standard InChI is InChI=1S/C13H22N4/c1-3-14-7-12-8-16-13(9-15-12)17(2)10-11-5-4-6-11/h8-9,11,14H,3-7,10H2,1-2H3. The van der Waals surface area contributed by atoms with E-state index in [0.717, 1.165) is 37.1 Å². The van der Waals surface area contributed by atoms with Crippen molar-refractivity contribution >= 4 is 5.82 Å². The molecule has 17 heavy (non-hydrogen) atoms. The predicted molar refractivity (Wildman–Crippen MR) is 70.0 cm³/mol. The number of hydrogen-bond donors (Lipinski definition) is 1. The highest BCUT2D eigenvalue weighted by Gasteiger charge is 2.19. The Kier molecular flexibility index (Phi) is 4.31. The fourth-order valence-corrected chi connectivity index (χ4v) is 2.05. The summed E-state index contributed by atoms with van der Waals surface area (Å²) in [6, 6.07) is 0. The molecule has 1 saturated carbocycles. The van der Waals surface area contributed by atoms with Gasteiger partial charge in [-0.1, -0.05) is 13.3 Å². The van der Waals surface area contributed by atoms with Crippen LogP contribution >= 0.6 is 0 Å². The smallest absolute Gasteiger partial charge is 0.146 e. The van der Waals surface area contributed by atoms with Gasteiger partial charge in [-0.25, -0.2) is 4.98 Å². The van der Waals surface area contributed by atoms with Crippen LogP contribution in [0.2, 0.25) is 0 Å². The van der Waals surface area contributed by atoms with Gasteiger partial charge >= 0.3 is 0 Å². The van der Waals surface area contributed by atoms with Crippen LogP contribution in [0.25, 0.3) is 0 Å². The topological polar surface area (TPSA) is 41.1 Å². The van der Waals surface area contributed by atoms with Crippen LogP contribution in [0.3, 0.4) is 0 Å². The maximum absolute atomic E-state index is 4.47. The minimum absolute atomic E-state index is 0.802. The summed E-state index contributed by atoms with van der Waals surface area (Å²) < 4.78 is 0. The summed E-state index contributed by atoms with van der Waals surface area (Å²) in [5, 5.41) is 3.25. The zero-order valence-corrected chi connectivity index (χ0v) is 10.8. The summed E-state index contributed by atoms with van der Waals surface area (Å²) in [5.41, 5.74) is 1.01. The van der Waals surface area contributed by atoms with Crippen molar-refractivity contribution in [3.8, 4) is 0 Å². The van der Waals surface area contributed by atoms with Gasteiger partial charge in [-0.3, -0.25) is 4.98 Å². The molecule has 1 aromatic heterocycles. The first-order chi connectivity index (χ1) is 8.29. The van der Waals surface area contributed by atoms with E-state index in [2.05, 4.69) is 34.2 Å². The molecule has 0 saturated heterocycles. The van der Waals surface area contributed by atoms with Crippen molar-refractivity contribution in [2.45, 2.75) is 32.7 Å². The van der Waals surface area contributed by atoms with Crippen LogP contribution in [0.4, 0.5) is 5.82 Å². The molecule has 1 aliphatic carbocycles. The Bertz CT molecular complexity index is 332. The second-order valence-corrected chi connectivity index (χ2v) is 4.82. The summed E-state index contributed by atoms with van der Waals surface area (Å²) in [6.45, 7) is 4.97. The molecule has 1 fully saturated rings. The molecule has 0 bridgehead atoms. The lowest BCUT2D eigenvalue weighted by Gasteiger charge is -2.30. The summed E-state index contributed by atoms with van der Waals surface area (Å²) in [4.78, 5) is 11.1. The van der Waals surface area contributed by atoms with E-state index in [4.69, 9.17) is 0 Å². The predicted octanol–water partition coefficient (Wildman–Crippen LogP) is 1.82. The lowest BCUT2D eigenvalue weighted by Crippen LogP contribution is -2.30. The highest BCUT2D eigenvalue weighted by atomic mass is 15.2. The lowest BCUT2D eigenvalue weighted by molar-refractivity contribution is 0.321. The molecule has 1 N–H and O–H groups in total. The Morgan fingerprint density at radius 2 is 2.18 bits per heavy atom. The average molecular weight is 234 g/mol. The molecule has 1 aliphatic rings. The minimum Gasteiger partial charge on any atom is -0.358 e. The van der Waals surface area contributed by atoms with Crippen molar-refractivity contribution < 1.29 is 0 Å². The SMILES string of the molecule is CCNCc1cnc(N(C)CC2CCC2)cn1. The Morgan fingerprint density at radius 1 is 1.35 bits per heavy atom. The van der Waals surface area contributed by atoms with E-state index in [1.54, 1.807) is 0 Å². The maximum Gasteiger partial charge on any atom is 0.146 e. The minimum atomic E-state index is 0.802. The third kappa shape index (κ3) is 3.40. The van der Waals surface area contributed by atoms with E-state index in [-0.39, 0.29) is 0 Å². The highest BCUT2D eigenvalue weighted by Crippen LogP contribution is 2.27. The van der Waals surface area contributed by atoms with Gasteiger partial charge in [0.2, 0.25) is 0 Å². The third-order valence-electron chi connectivity index (χ3n) is 3.40. The molecule has 0 spiro atoms. The van der Waals surface area contributed by atoms with Gasteiger partial charge in [-0.05, 0) is 25.3 Å². The van der Waals surface area contributed by atoms with Crippen LogP contribution in [0.5, 0.6) is 0 Å². The summed E-state index contributed by atoms with van der Waals surface area (Å²) in [6.07, 6.45) is 7.89. The molecule has 94 valence electrons. The van der Waals surface area contributed by atoms with E-state index >= 15 is 0 Å². The lowest BCUT2D eigenvalue weighted by atomic mass is 9.85. The first-order valence-corrected chi connectivity index (χ1v) is 6.52.